The lowest BCUT2D eigenvalue weighted by Gasteiger charge is -2.06. The first-order valence-electron chi connectivity index (χ1n) is 5.92. The van der Waals surface area contributed by atoms with Crippen molar-refractivity contribution in [3.05, 3.63) is 69.7 Å². The first-order chi connectivity index (χ1) is 9.81. The molecule has 5 nitrogen and oxygen atoms in total. The molecule has 0 unspecified atom stereocenters. The molecule has 3 rings (SSSR count). The molecule has 0 saturated carbocycles. The van der Waals surface area contributed by atoms with Crippen molar-refractivity contribution in [1.29, 1.82) is 0 Å². The number of hydrogen-bond donors (Lipinski definition) is 0. The maximum Gasteiger partial charge on any atom is 0.252 e. The van der Waals surface area contributed by atoms with Crippen LogP contribution in [0.15, 0.2) is 69.1 Å². The van der Waals surface area contributed by atoms with Gasteiger partial charge in [-0.05, 0) is 12.1 Å². The average molecular weight is 267 g/mol. The molecule has 3 aromatic rings. The fourth-order valence-electron chi connectivity index (χ4n) is 2.02. The summed E-state index contributed by atoms with van der Waals surface area (Å²) in [7, 11) is 0. The van der Waals surface area contributed by atoms with Crippen molar-refractivity contribution in [2.75, 3.05) is 0 Å². The van der Waals surface area contributed by atoms with Crippen LogP contribution in [0.2, 0.25) is 0 Å². The molecule has 0 aliphatic rings. The lowest BCUT2D eigenvalue weighted by atomic mass is 10.1. The van der Waals surface area contributed by atoms with Gasteiger partial charge in [-0.1, -0.05) is 42.5 Å². The van der Waals surface area contributed by atoms with Crippen molar-refractivity contribution >= 4 is 11.0 Å². The summed E-state index contributed by atoms with van der Waals surface area (Å²) < 4.78 is 5.69. The number of para-hydroxylation sites is 1. The molecule has 1 aromatic heterocycles. The molecule has 98 valence electrons. The molecule has 0 aliphatic carbocycles. The van der Waals surface area contributed by atoms with E-state index in [0.29, 0.717) is 16.5 Å². The topological polar surface area (TPSA) is 68.9 Å². The van der Waals surface area contributed by atoms with Gasteiger partial charge in [0.05, 0.1) is 5.39 Å². The minimum atomic E-state index is -0.426. The number of fused-ring (bicyclic) bond motifs is 1. The van der Waals surface area contributed by atoms with Gasteiger partial charge in [0.25, 0.3) is 5.75 Å². The molecule has 0 radical (unpaired) electrons. The summed E-state index contributed by atoms with van der Waals surface area (Å²) in [5, 5.41) is 2.69. The van der Waals surface area contributed by atoms with E-state index in [1.54, 1.807) is 48.5 Å². The molecule has 5 heteroatoms. The molecule has 0 amide bonds. The van der Waals surface area contributed by atoms with Crippen LogP contribution < -0.4 is 10.3 Å². The maximum absolute atomic E-state index is 12.3. The van der Waals surface area contributed by atoms with Crippen LogP contribution >= 0.6 is 0 Å². The number of benzene rings is 2. The molecule has 0 N–H and O–H groups in total. The molecule has 0 atom stereocenters. The predicted molar refractivity (Wildman–Crippen MR) is 74.3 cm³/mol. The van der Waals surface area contributed by atoms with Crippen molar-refractivity contribution in [2.45, 2.75) is 0 Å². The van der Waals surface area contributed by atoms with E-state index in [-0.39, 0.29) is 11.5 Å². The van der Waals surface area contributed by atoms with E-state index in [0.717, 1.165) is 0 Å². The Labute approximate surface area is 113 Å². The molecule has 2 aromatic carbocycles. The molecule has 0 fully saturated rings. The van der Waals surface area contributed by atoms with Crippen LogP contribution in [0.1, 0.15) is 0 Å². The number of hydrogen-bond acceptors (Lipinski definition) is 5. The molecular weight excluding hydrogens is 258 g/mol. The lowest BCUT2D eigenvalue weighted by molar-refractivity contribution is 0.325. The van der Waals surface area contributed by atoms with Crippen LogP contribution in [0.25, 0.3) is 22.3 Å². The van der Waals surface area contributed by atoms with Crippen LogP contribution in [-0.2, 0) is 0 Å². The smallest absolute Gasteiger partial charge is 0.252 e. The average Bonchev–Trinajstić information content (AvgIpc) is 2.51. The summed E-state index contributed by atoms with van der Waals surface area (Å²) >= 11 is 0. The zero-order valence-electron chi connectivity index (χ0n) is 10.3. The molecular formula is C15H9NO4. The van der Waals surface area contributed by atoms with Crippen molar-refractivity contribution in [3.63, 3.8) is 0 Å². The monoisotopic (exact) mass is 267 g/mol. The summed E-state index contributed by atoms with van der Waals surface area (Å²) in [5.41, 5.74) is 0.633. The van der Waals surface area contributed by atoms with Crippen LogP contribution in [0.3, 0.4) is 0 Å². The van der Waals surface area contributed by atoms with Gasteiger partial charge in [-0.15, -0.1) is 4.91 Å². The zero-order chi connectivity index (χ0) is 13.9. The third-order valence-corrected chi connectivity index (χ3v) is 2.92. The maximum atomic E-state index is 12.3. The van der Waals surface area contributed by atoms with E-state index in [2.05, 4.69) is 10.2 Å². The standard InChI is InChI=1S/C15H9NO4/c17-13-11-8-4-5-9-12(11)19-14(15(13)20-16-18)10-6-2-1-3-7-10/h1-9H. The second-order valence-electron chi connectivity index (χ2n) is 4.12. The van der Waals surface area contributed by atoms with Gasteiger partial charge >= 0.3 is 0 Å². The Morgan fingerprint density at radius 1 is 0.950 bits per heavy atom. The minimum absolute atomic E-state index is 0.189. The van der Waals surface area contributed by atoms with E-state index >= 15 is 0 Å². The number of nitrogens with zero attached hydrogens (tertiary/aromatic N) is 1. The van der Waals surface area contributed by atoms with Gasteiger partial charge in [0.2, 0.25) is 5.43 Å². The third kappa shape index (κ3) is 1.95. The van der Waals surface area contributed by atoms with E-state index in [4.69, 9.17) is 4.42 Å². The van der Waals surface area contributed by atoms with Crippen molar-refractivity contribution in [1.82, 2.24) is 0 Å². The summed E-state index contributed by atoms with van der Waals surface area (Å²) in [5.74, 6) is -0.0150. The van der Waals surface area contributed by atoms with Crippen LogP contribution in [-0.4, -0.2) is 0 Å². The molecule has 0 spiro atoms. The van der Waals surface area contributed by atoms with Gasteiger partial charge < -0.3 is 9.25 Å². The first-order valence-corrected chi connectivity index (χ1v) is 5.92. The number of rotatable bonds is 3. The zero-order valence-corrected chi connectivity index (χ0v) is 10.3. The van der Waals surface area contributed by atoms with E-state index < -0.39 is 5.43 Å². The van der Waals surface area contributed by atoms with Crippen molar-refractivity contribution in [2.24, 2.45) is 5.34 Å². The predicted octanol–water partition coefficient (Wildman–Crippen LogP) is 3.52. The molecule has 0 saturated heterocycles. The van der Waals surface area contributed by atoms with Crippen LogP contribution in [0, 0.1) is 4.91 Å². The van der Waals surface area contributed by atoms with E-state index in [1.807, 2.05) is 6.07 Å². The first kappa shape index (κ1) is 12.1. The molecule has 0 aliphatic heterocycles. The Kier molecular flexibility index (Phi) is 3.01. The Hall–Kier alpha value is -2.95. The molecule has 20 heavy (non-hydrogen) atoms. The van der Waals surface area contributed by atoms with Gasteiger partial charge in [-0.3, -0.25) is 4.79 Å². The Bertz CT molecular complexity index is 824. The van der Waals surface area contributed by atoms with Crippen LogP contribution in [0.4, 0.5) is 0 Å². The van der Waals surface area contributed by atoms with E-state index in [1.165, 1.54) is 0 Å². The van der Waals surface area contributed by atoms with Gasteiger partial charge in [-0.2, -0.15) is 0 Å². The molecule has 0 bridgehead atoms. The fraction of sp³-hybridized carbons (Fsp3) is 0. The quantitative estimate of drug-likeness (QED) is 0.537. The summed E-state index contributed by atoms with van der Waals surface area (Å²) in [6.45, 7) is 0. The fourth-order valence-corrected chi connectivity index (χ4v) is 2.02. The van der Waals surface area contributed by atoms with Gasteiger partial charge in [0.15, 0.2) is 11.1 Å². The molecule has 1 heterocycles. The summed E-state index contributed by atoms with van der Waals surface area (Å²) in [6, 6.07) is 15.7. The van der Waals surface area contributed by atoms with Gasteiger partial charge in [0.1, 0.15) is 5.58 Å². The van der Waals surface area contributed by atoms with Crippen molar-refractivity contribution < 1.29 is 9.25 Å². The Morgan fingerprint density at radius 3 is 2.40 bits per heavy atom. The lowest BCUT2D eigenvalue weighted by Crippen LogP contribution is -2.06. The second-order valence-corrected chi connectivity index (χ2v) is 4.12. The summed E-state index contributed by atoms with van der Waals surface area (Å²) in [6.07, 6.45) is 0. The highest BCUT2D eigenvalue weighted by atomic mass is 16.7. The normalized spacial score (nSPS) is 10.4. The largest absolute Gasteiger partial charge is 0.452 e. The van der Waals surface area contributed by atoms with Crippen molar-refractivity contribution in [3.8, 4) is 17.1 Å². The second kappa shape index (κ2) is 4.97. The van der Waals surface area contributed by atoms with Gasteiger partial charge in [-0.25, -0.2) is 0 Å². The Balaban J connectivity index is 2.38. The highest BCUT2D eigenvalue weighted by Crippen LogP contribution is 2.30. The highest BCUT2D eigenvalue weighted by Gasteiger charge is 2.18. The highest BCUT2D eigenvalue weighted by molar-refractivity contribution is 5.81. The summed E-state index contributed by atoms with van der Waals surface area (Å²) in [4.78, 5) is 27.3. The SMILES string of the molecule is O=NOc1c(-c2ccccc2)oc2ccccc2c1=O. The third-order valence-electron chi connectivity index (χ3n) is 2.92. The minimum Gasteiger partial charge on any atom is -0.452 e. The van der Waals surface area contributed by atoms with Gasteiger partial charge in [0, 0.05) is 5.56 Å². The van der Waals surface area contributed by atoms with E-state index in [9.17, 15) is 9.70 Å². The van der Waals surface area contributed by atoms with Crippen LogP contribution in [0.5, 0.6) is 5.75 Å². The Morgan fingerprint density at radius 2 is 1.65 bits per heavy atom.